The van der Waals surface area contributed by atoms with Gasteiger partial charge in [-0.1, -0.05) is 23.0 Å². The largest absolute Gasteiger partial charge is 0.271 e. The number of aromatic nitrogens is 4. The summed E-state index contributed by atoms with van der Waals surface area (Å²) < 4.78 is 5.65. The van der Waals surface area contributed by atoms with Crippen molar-refractivity contribution in [3.05, 3.63) is 27.5 Å². The zero-order chi connectivity index (χ0) is 13.1. The second-order valence-corrected chi connectivity index (χ2v) is 5.12. The minimum atomic E-state index is -0.0531. The van der Waals surface area contributed by atoms with Gasteiger partial charge in [0.2, 0.25) is 0 Å². The molecule has 98 valence electrons. The molecule has 0 bridgehead atoms. The van der Waals surface area contributed by atoms with Gasteiger partial charge in [0.15, 0.2) is 0 Å². The quantitative estimate of drug-likeness (QED) is 0.638. The molecule has 2 aromatic rings. The van der Waals surface area contributed by atoms with Crippen molar-refractivity contribution in [1.82, 2.24) is 24.8 Å². The first-order valence-electron chi connectivity index (χ1n) is 5.61. The lowest BCUT2D eigenvalue weighted by molar-refractivity contribution is 0.536. The Morgan fingerprint density at radius 2 is 2.39 bits per heavy atom. The highest BCUT2D eigenvalue weighted by molar-refractivity contribution is 7.05. The van der Waals surface area contributed by atoms with Crippen LogP contribution in [0.4, 0.5) is 0 Å². The summed E-state index contributed by atoms with van der Waals surface area (Å²) in [5.74, 6) is 5.58. The Morgan fingerprint density at radius 3 is 2.89 bits per heavy atom. The smallest absolute Gasteiger partial charge is 0.0850 e. The molecule has 6 nitrogen and oxygen atoms in total. The molecule has 0 aliphatic rings. The highest BCUT2D eigenvalue weighted by atomic mass is 35.5. The number of aryl methyl sites for hydroxylation is 2. The summed E-state index contributed by atoms with van der Waals surface area (Å²) in [4.78, 5) is 0.979. The van der Waals surface area contributed by atoms with E-state index in [2.05, 4.69) is 20.1 Å². The standard InChI is InChI=1S/C10H15ClN6S/c1-3-6-10(11)8(17(2)15-6)4-7(14-12)9-5-13-16-18-9/h5,7,14H,3-4,12H2,1-2H3. The molecule has 3 N–H and O–H groups in total. The van der Waals surface area contributed by atoms with Gasteiger partial charge >= 0.3 is 0 Å². The van der Waals surface area contributed by atoms with E-state index in [1.165, 1.54) is 11.5 Å². The van der Waals surface area contributed by atoms with E-state index in [0.29, 0.717) is 6.42 Å². The number of hydrogen-bond donors (Lipinski definition) is 2. The van der Waals surface area contributed by atoms with E-state index in [0.717, 1.165) is 27.7 Å². The van der Waals surface area contributed by atoms with Crippen LogP contribution in [0.3, 0.4) is 0 Å². The van der Waals surface area contributed by atoms with E-state index in [-0.39, 0.29) is 6.04 Å². The fraction of sp³-hybridized carbons (Fsp3) is 0.500. The molecule has 0 fully saturated rings. The predicted molar refractivity (Wildman–Crippen MR) is 71.3 cm³/mol. The first kappa shape index (κ1) is 13.4. The zero-order valence-electron chi connectivity index (χ0n) is 10.2. The minimum Gasteiger partial charge on any atom is -0.271 e. The Hall–Kier alpha value is -1.02. The van der Waals surface area contributed by atoms with Crippen LogP contribution in [-0.4, -0.2) is 19.4 Å². The molecule has 8 heteroatoms. The van der Waals surface area contributed by atoms with Gasteiger partial charge in [-0.2, -0.15) is 5.10 Å². The molecule has 18 heavy (non-hydrogen) atoms. The fourth-order valence-electron chi connectivity index (χ4n) is 1.80. The molecule has 2 heterocycles. The maximum atomic E-state index is 6.31. The lowest BCUT2D eigenvalue weighted by Gasteiger charge is -2.13. The Balaban J connectivity index is 2.25. The van der Waals surface area contributed by atoms with Gasteiger partial charge in [-0.15, -0.1) is 5.10 Å². The second kappa shape index (κ2) is 5.75. The summed E-state index contributed by atoms with van der Waals surface area (Å²) in [6.07, 6.45) is 3.18. The number of rotatable bonds is 5. The van der Waals surface area contributed by atoms with E-state index >= 15 is 0 Å². The molecule has 0 aliphatic heterocycles. The van der Waals surface area contributed by atoms with Crippen LogP contribution >= 0.6 is 23.1 Å². The van der Waals surface area contributed by atoms with Crippen molar-refractivity contribution in [2.45, 2.75) is 25.8 Å². The Labute approximate surface area is 114 Å². The topological polar surface area (TPSA) is 81.7 Å². The summed E-state index contributed by atoms with van der Waals surface area (Å²) in [6.45, 7) is 2.03. The molecule has 0 saturated heterocycles. The Kier molecular flexibility index (Phi) is 4.28. The van der Waals surface area contributed by atoms with Gasteiger partial charge in [0.05, 0.1) is 33.5 Å². The van der Waals surface area contributed by atoms with Crippen LogP contribution in [0, 0.1) is 0 Å². The fourth-order valence-corrected chi connectivity index (χ4v) is 2.74. The van der Waals surface area contributed by atoms with E-state index in [1.54, 1.807) is 10.9 Å². The molecule has 1 atom stereocenters. The summed E-state index contributed by atoms with van der Waals surface area (Å²) in [7, 11) is 1.89. The average molecular weight is 287 g/mol. The van der Waals surface area contributed by atoms with Crippen molar-refractivity contribution >= 4 is 23.1 Å². The van der Waals surface area contributed by atoms with Crippen LogP contribution in [0.15, 0.2) is 6.20 Å². The second-order valence-electron chi connectivity index (χ2n) is 3.93. The number of hydrogen-bond acceptors (Lipinski definition) is 6. The monoisotopic (exact) mass is 286 g/mol. The molecule has 1 unspecified atom stereocenters. The number of nitrogens with zero attached hydrogens (tertiary/aromatic N) is 4. The van der Waals surface area contributed by atoms with Gasteiger partial charge in [0, 0.05) is 13.5 Å². The van der Waals surface area contributed by atoms with Gasteiger partial charge in [0.1, 0.15) is 0 Å². The van der Waals surface area contributed by atoms with Crippen molar-refractivity contribution in [3.8, 4) is 0 Å². The number of halogens is 1. The van der Waals surface area contributed by atoms with E-state index in [1.807, 2.05) is 14.0 Å². The number of hydrazine groups is 1. The van der Waals surface area contributed by atoms with Crippen LogP contribution in [0.2, 0.25) is 5.02 Å². The third kappa shape index (κ3) is 2.54. The van der Waals surface area contributed by atoms with Crippen LogP contribution in [-0.2, 0) is 19.9 Å². The lowest BCUT2D eigenvalue weighted by Crippen LogP contribution is -2.29. The zero-order valence-corrected chi connectivity index (χ0v) is 11.8. The highest BCUT2D eigenvalue weighted by Crippen LogP contribution is 2.26. The third-order valence-corrected chi connectivity index (χ3v) is 4.04. The van der Waals surface area contributed by atoms with Crippen LogP contribution < -0.4 is 11.3 Å². The van der Waals surface area contributed by atoms with Crippen LogP contribution in [0.25, 0.3) is 0 Å². The van der Waals surface area contributed by atoms with Gasteiger partial charge in [-0.25, -0.2) is 0 Å². The molecular formula is C10H15ClN6S. The summed E-state index contributed by atoms with van der Waals surface area (Å²) in [5.41, 5.74) is 4.64. The molecule has 0 aliphatic carbocycles. The molecule has 0 saturated carbocycles. The first-order valence-corrected chi connectivity index (χ1v) is 6.76. The minimum absolute atomic E-state index is 0.0531. The van der Waals surface area contributed by atoms with Gasteiger partial charge in [0.25, 0.3) is 0 Å². The van der Waals surface area contributed by atoms with E-state index in [9.17, 15) is 0 Å². The normalized spacial score (nSPS) is 12.9. The molecular weight excluding hydrogens is 272 g/mol. The van der Waals surface area contributed by atoms with Crippen LogP contribution in [0.1, 0.15) is 29.2 Å². The highest BCUT2D eigenvalue weighted by Gasteiger charge is 2.19. The third-order valence-electron chi connectivity index (χ3n) is 2.82. The number of nitrogens with two attached hydrogens (primary N) is 1. The van der Waals surface area contributed by atoms with Crippen molar-refractivity contribution in [2.75, 3.05) is 0 Å². The van der Waals surface area contributed by atoms with E-state index in [4.69, 9.17) is 17.4 Å². The first-order chi connectivity index (χ1) is 8.67. The molecule has 2 rings (SSSR count). The molecule has 0 aromatic carbocycles. The van der Waals surface area contributed by atoms with Crippen molar-refractivity contribution in [3.63, 3.8) is 0 Å². The van der Waals surface area contributed by atoms with Gasteiger partial charge in [-0.3, -0.25) is 16.0 Å². The molecule has 0 spiro atoms. The molecule has 2 aromatic heterocycles. The predicted octanol–water partition coefficient (Wildman–Crippen LogP) is 1.23. The van der Waals surface area contributed by atoms with Crippen molar-refractivity contribution < 1.29 is 0 Å². The maximum Gasteiger partial charge on any atom is 0.0850 e. The van der Waals surface area contributed by atoms with Crippen LogP contribution in [0.5, 0.6) is 0 Å². The van der Waals surface area contributed by atoms with Crippen molar-refractivity contribution in [1.29, 1.82) is 0 Å². The Bertz CT molecular complexity index is 509. The lowest BCUT2D eigenvalue weighted by atomic mass is 10.1. The molecule has 0 amide bonds. The summed E-state index contributed by atoms with van der Waals surface area (Å²) in [6, 6.07) is -0.0531. The SMILES string of the molecule is CCc1nn(C)c(CC(NN)c2cnns2)c1Cl. The van der Waals surface area contributed by atoms with Gasteiger partial charge < -0.3 is 0 Å². The summed E-state index contributed by atoms with van der Waals surface area (Å²) >= 11 is 7.64. The molecule has 0 radical (unpaired) electrons. The van der Waals surface area contributed by atoms with Crippen molar-refractivity contribution in [2.24, 2.45) is 12.9 Å². The average Bonchev–Trinajstić information content (AvgIpc) is 2.97. The summed E-state index contributed by atoms with van der Waals surface area (Å²) in [5, 5.41) is 8.92. The van der Waals surface area contributed by atoms with Gasteiger partial charge in [-0.05, 0) is 18.0 Å². The number of nitrogens with one attached hydrogen (secondary N) is 1. The van der Waals surface area contributed by atoms with E-state index < -0.39 is 0 Å². The maximum absolute atomic E-state index is 6.31. The Morgan fingerprint density at radius 1 is 1.61 bits per heavy atom.